The highest BCUT2D eigenvalue weighted by molar-refractivity contribution is 5.92. The molecular formula is C21H25F3N6. The van der Waals surface area contributed by atoms with Crippen LogP contribution in [-0.2, 0) is 0 Å². The first-order valence-electron chi connectivity index (χ1n) is 10.1. The van der Waals surface area contributed by atoms with E-state index in [0.29, 0.717) is 35.4 Å². The zero-order valence-electron chi connectivity index (χ0n) is 16.9. The van der Waals surface area contributed by atoms with Crippen LogP contribution in [0.2, 0.25) is 0 Å². The molecule has 3 atom stereocenters. The van der Waals surface area contributed by atoms with Crippen molar-refractivity contribution < 1.29 is 13.2 Å². The van der Waals surface area contributed by atoms with E-state index in [9.17, 15) is 18.4 Å². The zero-order valence-corrected chi connectivity index (χ0v) is 16.9. The summed E-state index contributed by atoms with van der Waals surface area (Å²) in [4.78, 5) is 12.4. The Bertz CT molecular complexity index is 971. The molecule has 0 saturated carbocycles. The number of aromatic nitrogens is 2. The summed E-state index contributed by atoms with van der Waals surface area (Å²) in [6, 6.07) is 5.37. The van der Waals surface area contributed by atoms with Crippen LogP contribution in [0.15, 0.2) is 24.5 Å². The number of likely N-dealkylation sites (tertiary alicyclic amines) is 1. The molecule has 30 heavy (non-hydrogen) atoms. The van der Waals surface area contributed by atoms with Crippen LogP contribution < -0.4 is 10.6 Å². The number of rotatable bonds is 4. The molecule has 2 aromatic rings. The first-order valence-corrected chi connectivity index (χ1v) is 10.1. The summed E-state index contributed by atoms with van der Waals surface area (Å²) in [6.07, 6.45) is -0.378. The summed E-state index contributed by atoms with van der Waals surface area (Å²) in [5, 5.41) is 9.31. The summed E-state index contributed by atoms with van der Waals surface area (Å²) in [5.74, 6) is -1.95. The highest BCUT2D eigenvalue weighted by Crippen LogP contribution is 2.42. The molecule has 2 saturated heterocycles. The second-order valence-corrected chi connectivity index (χ2v) is 8.81. The van der Waals surface area contributed by atoms with Gasteiger partial charge in [-0.3, -0.25) is 9.97 Å². The van der Waals surface area contributed by atoms with Crippen molar-refractivity contribution in [1.29, 1.82) is 5.26 Å². The van der Waals surface area contributed by atoms with Gasteiger partial charge in [-0.25, -0.2) is 0 Å². The molecule has 0 bridgehead atoms. The fourth-order valence-corrected chi connectivity index (χ4v) is 4.79. The van der Waals surface area contributed by atoms with E-state index in [4.69, 9.17) is 5.73 Å². The van der Waals surface area contributed by atoms with Crippen molar-refractivity contribution in [3.05, 3.63) is 30.1 Å². The molecule has 2 fully saturated rings. The van der Waals surface area contributed by atoms with Crippen LogP contribution in [0, 0.1) is 28.6 Å². The Kier molecular flexibility index (Phi) is 5.32. The van der Waals surface area contributed by atoms with E-state index < -0.39 is 18.0 Å². The Labute approximate surface area is 173 Å². The van der Waals surface area contributed by atoms with E-state index in [1.165, 1.54) is 12.4 Å². The van der Waals surface area contributed by atoms with Crippen LogP contribution in [0.4, 0.5) is 18.9 Å². The van der Waals surface area contributed by atoms with E-state index in [1.807, 2.05) is 0 Å². The molecule has 4 rings (SSSR count). The monoisotopic (exact) mass is 418 g/mol. The van der Waals surface area contributed by atoms with Gasteiger partial charge in [0.1, 0.15) is 17.1 Å². The minimum absolute atomic E-state index is 0.0229. The van der Waals surface area contributed by atoms with Crippen LogP contribution in [0.3, 0.4) is 0 Å². The number of benzene rings is 1. The normalized spacial score (nSPS) is 27.7. The molecular weight excluding hydrogens is 393 g/mol. The van der Waals surface area contributed by atoms with E-state index >= 15 is 0 Å². The molecule has 2 aliphatic heterocycles. The highest BCUT2D eigenvalue weighted by atomic mass is 19.4. The average molecular weight is 418 g/mol. The van der Waals surface area contributed by atoms with Gasteiger partial charge >= 0.3 is 6.18 Å². The molecule has 0 radical (unpaired) electrons. The van der Waals surface area contributed by atoms with Crippen LogP contribution >= 0.6 is 0 Å². The topological polar surface area (TPSA) is 82.1 Å². The van der Waals surface area contributed by atoms with Crippen LogP contribution in [0.5, 0.6) is 0 Å². The van der Waals surface area contributed by atoms with Crippen molar-refractivity contribution >= 4 is 16.7 Å². The van der Waals surface area contributed by atoms with Gasteiger partial charge in [0.05, 0.1) is 17.2 Å². The minimum Gasteiger partial charge on any atom is -0.369 e. The Morgan fingerprint density at radius 2 is 1.97 bits per heavy atom. The largest absolute Gasteiger partial charge is 0.393 e. The third kappa shape index (κ3) is 3.82. The van der Waals surface area contributed by atoms with Crippen molar-refractivity contribution in [2.45, 2.75) is 19.5 Å². The van der Waals surface area contributed by atoms with Gasteiger partial charge in [0.15, 0.2) is 0 Å². The number of nitrogens with two attached hydrogens (primary N) is 1. The maximum atomic E-state index is 13.9. The molecule has 9 heteroatoms. The van der Waals surface area contributed by atoms with Crippen molar-refractivity contribution in [3.63, 3.8) is 0 Å². The third-order valence-corrected chi connectivity index (χ3v) is 6.55. The lowest BCUT2D eigenvalue weighted by atomic mass is 9.90. The lowest BCUT2D eigenvalue weighted by Crippen LogP contribution is -2.38. The van der Waals surface area contributed by atoms with Crippen molar-refractivity contribution in [1.82, 2.24) is 14.9 Å². The molecule has 2 N–H and O–H groups in total. The number of fused-ring (bicyclic) bond motifs is 1. The van der Waals surface area contributed by atoms with Crippen LogP contribution in [-0.4, -0.2) is 60.3 Å². The summed E-state index contributed by atoms with van der Waals surface area (Å²) in [7, 11) is 0. The Morgan fingerprint density at radius 3 is 2.60 bits per heavy atom. The van der Waals surface area contributed by atoms with Gasteiger partial charge in [-0.1, -0.05) is 6.92 Å². The van der Waals surface area contributed by atoms with Gasteiger partial charge < -0.3 is 15.5 Å². The molecule has 1 aromatic heterocycles. The summed E-state index contributed by atoms with van der Waals surface area (Å²) >= 11 is 0. The van der Waals surface area contributed by atoms with Gasteiger partial charge in [-0.15, -0.1) is 0 Å². The minimum atomic E-state index is -4.27. The number of nitrogens with zero attached hydrogens (tertiary/aromatic N) is 5. The predicted molar refractivity (Wildman–Crippen MR) is 108 cm³/mol. The van der Waals surface area contributed by atoms with Crippen molar-refractivity contribution in [2.24, 2.45) is 23.0 Å². The second kappa shape index (κ2) is 7.67. The Balaban J connectivity index is 1.61. The SMILES string of the molecule is CC1(CN)CCN(C[C@H]2CN(c3ccc(C#N)c4nccnc34)C[C@@H]2C(F)(F)F)C1. The molecule has 1 unspecified atom stereocenters. The van der Waals surface area contributed by atoms with Crippen LogP contribution in [0.1, 0.15) is 18.9 Å². The number of anilines is 1. The number of hydrogen-bond acceptors (Lipinski definition) is 6. The molecule has 0 amide bonds. The van der Waals surface area contributed by atoms with Gasteiger partial charge in [-0.05, 0) is 37.1 Å². The van der Waals surface area contributed by atoms with E-state index in [0.717, 1.165) is 19.5 Å². The number of halogens is 3. The molecule has 160 valence electrons. The van der Waals surface area contributed by atoms with E-state index in [1.54, 1.807) is 17.0 Å². The predicted octanol–water partition coefficient (Wildman–Crippen LogP) is 2.79. The van der Waals surface area contributed by atoms with Gasteiger partial charge in [-0.2, -0.15) is 18.4 Å². The third-order valence-electron chi connectivity index (χ3n) is 6.55. The first kappa shape index (κ1) is 20.8. The fourth-order valence-electron chi connectivity index (χ4n) is 4.79. The molecule has 2 aliphatic rings. The maximum Gasteiger partial charge on any atom is 0.393 e. The Hall–Kier alpha value is -2.44. The quantitative estimate of drug-likeness (QED) is 0.822. The Morgan fingerprint density at radius 1 is 1.23 bits per heavy atom. The molecule has 6 nitrogen and oxygen atoms in total. The lowest BCUT2D eigenvalue weighted by molar-refractivity contribution is -0.180. The lowest BCUT2D eigenvalue weighted by Gasteiger charge is -2.27. The summed E-state index contributed by atoms with van der Waals surface area (Å²) < 4.78 is 41.7. The maximum absolute atomic E-state index is 13.9. The number of nitriles is 1. The van der Waals surface area contributed by atoms with Gasteiger partial charge in [0, 0.05) is 44.5 Å². The standard InChI is InChI=1S/C21H25F3N6/c1-20(12-26)4-7-29(13-20)9-15-10-30(11-16(15)21(22,23)24)17-3-2-14(8-25)18-19(17)28-6-5-27-18/h2-3,5-6,15-16H,4,7,9-13,26H2,1H3/t15-,16-,20?/m0/s1. The molecule has 0 aliphatic carbocycles. The van der Waals surface area contributed by atoms with E-state index in [-0.39, 0.29) is 18.5 Å². The molecule has 1 aromatic carbocycles. The average Bonchev–Trinajstić information content (AvgIpc) is 3.31. The zero-order chi connectivity index (χ0) is 21.5. The summed E-state index contributed by atoms with van der Waals surface area (Å²) in [5.41, 5.74) is 7.69. The fraction of sp³-hybridized carbons (Fsp3) is 0.571. The van der Waals surface area contributed by atoms with E-state index in [2.05, 4.69) is 27.9 Å². The first-order chi connectivity index (χ1) is 14.2. The molecule has 3 heterocycles. The van der Waals surface area contributed by atoms with Gasteiger partial charge in [0.2, 0.25) is 0 Å². The summed E-state index contributed by atoms with van der Waals surface area (Å²) in [6.45, 7) is 4.72. The number of hydrogen-bond donors (Lipinski definition) is 1. The second-order valence-electron chi connectivity index (χ2n) is 8.81. The number of alkyl halides is 3. The highest BCUT2D eigenvalue weighted by Gasteiger charge is 2.50. The smallest absolute Gasteiger partial charge is 0.369 e. The van der Waals surface area contributed by atoms with Crippen molar-refractivity contribution in [3.8, 4) is 6.07 Å². The van der Waals surface area contributed by atoms with Crippen LogP contribution in [0.25, 0.3) is 11.0 Å². The van der Waals surface area contributed by atoms with Gasteiger partial charge in [0.25, 0.3) is 0 Å². The van der Waals surface area contributed by atoms with Crippen molar-refractivity contribution in [2.75, 3.05) is 44.2 Å². The molecule has 0 spiro atoms.